The second-order valence-electron chi connectivity index (χ2n) is 1.68. The molecule has 1 aromatic rings. The molecule has 0 saturated heterocycles. The first-order valence-corrected chi connectivity index (χ1v) is 3.92. The van der Waals surface area contributed by atoms with Crippen molar-refractivity contribution in [1.82, 2.24) is 0 Å². The molecule has 0 bridgehead atoms. The third kappa shape index (κ3) is 4.22. The molecule has 0 amide bonds. The fraction of sp³-hybridized carbons (Fsp3) is 0. The van der Waals surface area contributed by atoms with Crippen molar-refractivity contribution >= 4 is 23.2 Å². The van der Waals surface area contributed by atoms with Crippen LogP contribution in [0.5, 0.6) is 5.75 Å². The van der Waals surface area contributed by atoms with E-state index >= 15 is 0 Å². The maximum atomic E-state index is 5.72. The van der Waals surface area contributed by atoms with Crippen LogP contribution in [0.4, 0.5) is 0 Å². The first-order chi connectivity index (χ1) is 4.74. The van der Waals surface area contributed by atoms with Gasteiger partial charge < -0.3 is 24.8 Å². The average molecular weight is 281 g/mol. The summed E-state index contributed by atoms with van der Waals surface area (Å²) in [6.45, 7) is 0. The molecule has 0 aliphatic rings. The monoisotopic (exact) mass is 279 g/mol. The summed E-state index contributed by atoms with van der Waals surface area (Å²) in [5, 5.41) is 1.15. The van der Waals surface area contributed by atoms with Gasteiger partial charge in [0.25, 0.3) is 0 Å². The minimum Gasteiger partial charge on any atom is -1.00 e. The molecule has 65 valence electrons. The second-order valence-corrected chi connectivity index (χ2v) is 2.84. The third-order valence-electron chi connectivity index (χ3n) is 1.00. The minimum atomic E-state index is 0. The van der Waals surface area contributed by atoms with Crippen LogP contribution in [0.3, 0.4) is 0 Å². The number of hydrogen-bond donors (Lipinski definition) is 0. The molecule has 0 saturated carbocycles. The molecule has 6 heteroatoms. The molecular formula is C6H3Cl4OTi. The molecule has 12 heavy (non-hydrogen) atoms. The molecule has 0 fully saturated rings. The first kappa shape index (κ1) is 15.4. The maximum Gasteiger partial charge on any atom is -1.00 e. The van der Waals surface area contributed by atoms with Gasteiger partial charge >= 0.3 is 81.3 Å². The molecule has 0 N–H and O–H groups in total. The Morgan fingerprint density at radius 2 is 1.75 bits per heavy atom. The fourth-order valence-electron chi connectivity index (χ4n) is 0.558. The Bertz CT molecular complexity index is 243. The molecule has 0 heterocycles. The van der Waals surface area contributed by atoms with Crippen molar-refractivity contribution in [3.05, 3.63) is 28.2 Å². The van der Waals surface area contributed by atoms with Crippen molar-refractivity contribution in [2.24, 2.45) is 0 Å². The van der Waals surface area contributed by atoms with Crippen molar-refractivity contribution in [3.63, 3.8) is 0 Å². The number of benzene rings is 1. The molecule has 0 spiro atoms. The van der Waals surface area contributed by atoms with Crippen LogP contribution in [-0.4, -0.2) is 0 Å². The third-order valence-corrected chi connectivity index (χ3v) is 1.88. The van der Waals surface area contributed by atoms with Gasteiger partial charge in [-0.1, -0.05) is 0 Å². The molecule has 1 aromatic carbocycles. The quantitative estimate of drug-likeness (QED) is 0.494. The molecule has 0 unspecified atom stereocenters. The zero-order chi connectivity index (χ0) is 7.56. The Balaban J connectivity index is 0. The summed E-state index contributed by atoms with van der Waals surface area (Å²) in [4.78, 5) is 0. The van der Waals surface area contributed by atoms with E-state index in [-0.39, 0.29) is 24.8 Å². The zero-order valence-electron chi connectivity index (χ0n) is 5.65. The molecule has 0 atom stereocenters. The van der Waals surface area contributed by atoms with Gasteiger partial charge in [-0.05, 0) is 0 Å². The van der Waals surface area contributed by atoms with Gasteiger partial charge in [-0.15, -0.1) is 0 Å². The number of halogens is 4. The minimum absolute atomic E-state index is 0. The van der Waals surface area contributed by atoms with Crippen molar-refractivity contribution in [1.29, 1.82) is 0 Å². The van der Waals surface area contributed by atoms with E-state index in [1.165, 1.54) is 0 Å². The predicted octanol–water partition coefficient (Wildman–Crippen LogP) is -3.16. The Hall–Kier alpha value is 0.894. The van der Waals surface area contributed by atoms with Crippen molar-refractivity contribution in [2.45, 2.75) is 0 Å². The normalized spacial score (nSPS) is 8.00. The smallest absolute Gasteiger partial charge is 1.00 e. The van der Waals surface area contributed by atoms with E-state index in [2.05, 4.69) is 0 Å². The van der Waals surface area contributed by atoms with Crippen molar-refractivity contribution < 1.29 is 49.0 Å². The largest absolute Gasteiger partial charge is 1.00 e. The molecule has 0 aliphatic heterocycles. The van der Waals surface area contributed by atoms with Crippen LogP contribution >= 0.6 is 23.2 Å². The predicted molar refractivity (Wildman–Crippen MR) is 37.1 cm³/mol. The van der Waals surface area contributed by atoms with E-state index in [0.29, 0.717) is 15.8 Å². The van der Waals surface area contributed by atoms with E-state index < -0.39 is 0 Å². The van der Waals surface area contributed by atoms with Crippen LogP contribution in [0.15, 0.2) is 18.2 Å². The van der Waals surface area contributed by atoms with E-state index in [1.54, 1.807) is 39.0 Å². The van der Waals surface area contributed by atoms with E-state index in [1.807, 2.05) is 0 Å². The van der Waals surface area contributed by atoms with Crippen molar-refractivity contribution in [3.8, 4) is 5.75 Å². The van der Waals surface area contributed by atoms with Crippen LogP contribution in [0.25, 0.3) is 0 Å². The zero-order valence-corrected chi connectivity index (χ0v) is 10.2. The standard InChI is InChI=1S/C6H4Cl2O.2ClH.Ti/c7-4-1-2-6(9)5(8)3-4;;;/h1-3,9H;2*1H;/q;;;+3/p-3. The van der Waals surface area contributed by atoms with Gasteiger partial charge in [0.05, 0.1) is 0 Å². The molecule has 0 aliphatic carbocycles. The van der Waals surface area contributed by atoms with Gasteiger partial charge in [0.1, 0.15) is 0 Å². The van der Waals surface area contributed by atoms with Crippen LogP contribution in [0, 0.1) is 0 Å². The van der Waals surface area contributed by atoms with Crippen LogP contribution in [-0.2, 0) is 20.8 Å². The van der Waals surface area contributed by atoms with Crippen LogP contribution < -0.4 is 28.1 Å². The first-order valence-electron chi connectivity index (χ1n) is 2.52. The summed E-state index contributed by atoms with van der Waals surface area (Å²) in [6, 6.07) is 5.10. The van der Waals surface area contributed by atoms with E-state index in [9.17, 15) is 0 Å². The van der Waals surface area contributed by atoms with Gasteiger partial charge in [0.2, 0.25) is 0 Å². The van der Waals surface area contributed by atoms with E-state index in [0.717, 1.165) is 0 Å². The Morgan fingerprint density at radius 1 is 1.17 bits per heavy atom. The number of rotatable bonds is 1. The summed E-state index contributed by atoms with van der Waals surface area (Å²) in [5.74, 6) is 0.645. The van der Waals surface area contributed by atoms with Gasteiger partial charge in [-0.2, -0.15) is 0 Å². The van der Waals surface area contributed by atoms with Crippen molar-refractivity contribution in [2.75, 3.05) is 0 Å². The molecule has 0 radical (unpaired) electrons. The SMILES string of the molecule is Clc1ccc([O][Ti+2])c(Cl)c1.[Cl-].[Cl-]. The van der Waals surface area contributed by atoms with Crippen LogP contribution in [0.2, 0.25) is 10.0 Å². The summed E-state index contributed by atoms with van der Waals surface area (Å²) in [5.41, 5.74) is 0. The van der Waals surface area contributed by atoms with Gasteiger partial charge in [0, 0.05) is 0 Å². The van der Waals surface area contributed by atoms with Gasteiger partial charge in [-0.3, -0.25) is 0 Å². The fourth-order valence-corrected chi connectivity index (χ4v) is 1.38. The summed E-state index contributed by atoms with van der Waals surface area (Å²) in [7, 11) is 0. The maximum absolute atomic E-state index is 5.72. The summed E-state index contributed by atoms with van der Waals surface area (Å²) in [6.07, 6.45) is 0. The van der Waals surface area contributed by atoms with Crippen LogP contribution in [0.1, 0.15) is 0 Å². The molecule has 1 nitrogen and oxygen atoms in total. The molecule has 1 rings (SSSR count). The topological polar surface area (TPSA) is 9.23 Å². The number of hydrogen-bond acceptors (Lipinski definition) is 1. The Morgan fingerprint density at radius 3 is 2.17 bits per heavy atom. The van der Waals surface area contributed by atoms with Gasteiger partial charge in [-0.25, -0.2) is 0 Å². The second kappa shape index (κ2) is 7.31. The van der Waals surface area contributed by atoms with E-state index in [4.69, 9.17) is 26.5 Å². The Labute approximate surface area is 105 Å². The summed E-state index contributed by atoms with van der Waals surface area (Å²) < 4.78 is 4.91. The molecule has 0 aromatic heterocycles. The Kier molecular flexibility index (Phi) is 9.37. The van der Waals surface area contributed by atoms with Gasteiger partial charge in [0.15, 0.2) is 0 Å². The average Bonchev–Trinajstić information content (AvgIpc) is 1.88. The molecular weight excluding hydrogens is 278 g/mol. The summed E-state index contributed by atoms with van der Waals surface area (Å²) >= 11 is 12.9.